The molecule has 0 atom stereocenters. The molecule has 0 aromatic carbocycles. The molecule has 0 unspecified atom stereocenters. The molecule has 0 saturated carbocycles. The summed E-state index contributed by atoms with van der Waals surface area (Å²) in [5, 5.41) is 3.26. The molecule has 0 amide bonds. The molecule has 3 heteroatoms. The molecular formula is C10H16N2O. The Hall–Kier alpha value is -1.09. The average Bonchev–Trinajstić information content (AvgIpc) is 2.19. The number of methoxy groups -OCH3 is 1. The number of aromatic nitrogens is 1. The van der Waals surface area contributed by atoms with E-state index in [9.17, 15) is 0 Å². The van der Waals surface area contributed by atoms with E-state index in [2.05, 4.69) is 17.2 Å². The lowest BCUT2D eigenvalue weighted by Crippen LogP contribution is -2.16. The summed E-state index contributed by atoms with van der Waals surface area (Å²) in [5.74, 6) is 0.736. The van der Waals surface area contributed by atoms with E-state index >= 15 is 0 Å². The van der Waals surface area contributed by atoms with Gasteiger partial charge in [0.15, 0.2) is 0 Å². The Morgan fingerprint density at radius 1 is 1.54 bits per heavy atom. The second-order valence-electron chi connectivity index (χ2n) is 2.78. The van der Waals surface area contributed by atoms with Crippen LogP contribution in [0.25, 0.3) is 0 Å². The van der Waals surface area contributed by atoms with Crippen LogP contribution in [0.4, 0.5) is 0 Å². The first-order chi connectivity index (χ1) is 6.38. The van der Waals surface area contributed by atoms with Crippen molar-refractivity contribution in [2.75, 3.05) is 20.2 Å². The van der Waals surface area contributed by atoms with Gasteiger partial charge in [0, 0.05) is 11.8 Å². The minimum Gasteiger partial charge on any atom is -0.481 e. The highest BCUT2D eigenvalue weighted by molar-refractivity contribution is 5.25. The number of pyridine rings is 1. The first-order valence-electron chi connectivity index (χ1n) is 4.57. The van der Waals surface area contributed by atoms with E-state index in [-0.39, 0.29) is 0 Å². The van der Waals surface area contributed by atoms with Crippen molar-refractivity contribution in [2.24, 2.45) is 0 Å². The summed E-state index contributed by atoms with van der Waals surface area (Å²) >= 11 is 0. The Balaban J connectivity index is 2.54. The highest BCUT2D eigenvalue weighted by Gasteiger charge is 2.01. The fourth-order valence-electron chi connectivity index (χ4n) is 1.20. The minimum atomic E-state index is 0.736. The van der Waals surface area contributed by atoms with Gasteiger partial charge in [-0.1, -0.05) is 13.0 Å². The van der Waals surface area contributed by atoms with E-state index in [0.29, 0.717) is 0 Å². The molecule has 0 spiro atoms. The normalized spacial score (nSPS) is 10.0. The van der Waals surface area contributed by atoms with E-state index in [1.54, 1.807) is 13.3 Å². The first kappa shape index (κ1) is 9.99. The smallest absolute Gasteiger partial charge is 0.216 e. The molecule has 0 fully saturated rings. The molecule has 1 heterocycles. The molecule has 1 rings (SSSR count). The first-order valence-corrected chi connectivity index (χ1v) is 4.57. The minimum absolute atomic E-state index is 0.736. The van der Waals surface area contributed by atoms with Crippen LogP contribution in [0.1, 0.15) is 12.5 Å². The third-order valence-corrected chi connectivity index (χ3v) is 1.86. The third-order valence-electron chi connectivity index (χ3n) is 1.86. The summed E-state index contributed by atoms with van der Waals surface area (Å²) in [7, 11) is 1.65. The molecule has 0 aliphatic rings. The molecule has 1 aromatic heterocycles. The Morgan fingerprint density at radius 3 is 3.08 bits per heavy atom. The van der Waals surface area contributed by atoms with Crippen molar-refractivity contribution in [2.45, 2.75) is 13.3 Å². The predicted molar refractivity (Wildman–Crippen MR) is 53.0 cm³/mol. The van der Waals surface area contributed by atoms with Crippen LogP contribution in [0.2, 0.25) is 0 Å². The van der Waals surface area contributed by atoms with Crippen LogP contribution < -0.4 is 10.1 Å². The topological polar surface area (TPSA) is 34.2 Å². The zero-order valence-corrected chi connectivity index (χ0v) is 8.21. The third kappa shape index (κ3) is 3.03. The molecule has 1 N–H and O–H groups in total. The van der Waals surface area contributed by atoms with Gasteiger partial charge in [-0.15, -0.1) is 0 Å². The molecule has 0 radical (unpaired) electrons. The van der Waals surface area contributed by atoms with E-state index < -0.39 is 0 Å². The summed E-state index contributed by atoms with van der Waals surface area (Å²) < 4.78 is 5.14. The van der Waals surface area contributed by atoms with Gasteiger partial charge in [-0.3, -0.25) is 0 Å². The lowest BCUT2D eigenvalue weighted by atomic mass is 10.2. The SMILES string of the molecule is CCNCCc1cccnc1OC. The van der Waals surface area contributed by atoms with Gasteiger partial charge >= 0.3 is 0 Å². The van der Waals surface area contributed by atoms with Gasteiger partial charge in [0.05, 0.1) is 7.11 Å². The maximum atomic E-state index is 5.14. The van der Waals surface area contributed by atoms with Crippen molar-refractivity contribution >= 4 is 0 Å². The Morgan fingerprint density at radius 2 is 2.38 bits per heavy atom. The largest absolute Gasteiger partial charge is 0.481 e. The number of nitrogens with one attached hydrogen (secondary N) is 1. The van der Waals surface area contributed by atoms with Crippen LogP contribution in [0, 0.1) is 0 Å². The fraction of sp³-hybridized carbons (Fsp3) is 0.500. The second-order valence-corrected chi connectivity index (χ2v) is 2.78. The van der Waals surface area contributed by atoms with Crippen molar-refractivity contribution in [1.29, 1.82) is 0 Å². The number of hydrogen-bond acceptors (Lipinski definition) is 3. The van der Waals surface area contributed by atoms with Gasteiger partial charge < -0.3 is 10.1 Å². The highest BCUT2D eigenvalue weighted by Crippen LogP contribution is 2.13. The standard InChI is InChI=1S/C10H16N2O/c1-3-11-8-6-9-5-4-7-12-10(9)13-2/h4-5,7,11H,3,6,8H2,1-2H3. The molecular weight excluding hydrogens is 164 g/mol. The molecule has 3 nitrogen and oxygen atoms in total. The van der Waals surface area contributed by atoms with Crippen LogP contribution in [-0.2, 0) is 6.42 Å². The number of likely N-dealkylation sites (N-methyl/N-ethyl adjacent to an activating group) is 1. The number of nitrogens with zero attached hydrogens (tertiary/aromatic N) is 1. The van der Waals surface area contributed by atoms with Crippen molar-refractivity contribution in [3.8, 4) is 5.88 Å². The zero-order chi connectivity index (χ0) is 9.52. The quantitative estimate of drug-likeness (QED) is 0.692. The van der Waals surface area contributed by atoms with E-state index in [0.717, 1.165) is 31.0 Å². The summed E-state index contributed by atoms with van der Waals surface area (Å²) in [6, 6.07) is 3.98. The average molecular weight is 180 g/mol. The zero-order valence-electron chi connectivity index (χ0n) is 8.21. The van der Waals surface area contributed by atoms with Crippen molar-refractivity contribution < 1.29 is 4.74 Å². The second kappa shape index (κ2) is 5.54. The predicted octanol–water partition coefficient (Wildman–Crippen LogP) is 1.24. The molecule has 0 aliphatic carbocycles. The molecule has 0 saturated heterocycles. The van der Waals surface area contributed by atoms with Crippen LogP contribution in [0.15, 0.2) is 18.3 Å². The van der Waals surface area contributed by atoms with Gasteiger partial charge in [0.1, 0.15) is 0 Å². The van der Waals surface area contributed by atoms with E-state index in [1.807, 2.05) is 12.1 Å². The van der Waals surface area contributed by atoms with Crippen LogP contribution in [0.5, 0.6) is 5.88 Å². The van der Waals surface area contributed by atoms with Crippen molar-refractivity contribution in [3.05, 3.63) is 23.9 Å². The van der Waals surface area contributed by atoms with Gasteiger partial charge in [0.25, 0.3) is 0 Å². The van der Waals surface area contributed by atoms with E-state index in [1.165, 1.54) is 0 Å². The lowest BCUT2D eigenvalue weighted by molar-refractivity contribution is 0.392. The summed E-state index contributed by atoms with van der Waals surface area (Å²) in [5.41, 5.74) is 1.16. The maximum Gasteiger partial charge on any atom is 0.216 e. The number of ether oxygens (including phenoxy) is 1. The molecule has 1 aromatic rings. The van der Waals surface area contributed by atoms with Gasteiger partial charge in [-0.2, -0.15) is 0 Å². The Bertz CT molecular complexity index is 250. The molecule has 13 heavy (non-hydrogen) atoms. The van der Waals surface area contributed by atoms with E-state index in [4.69, 9.17) is 4.74 Å². The highest BCUT2D eigenvalue weighted by atomic mass is 16.5. The molecule has 0 bridgehead atoms. The summed E-state index contributed by atoms with van der Waals surface area (Å²) in [4.78, 5) is 4.13. The van der Waals surface area contributed by atoms with Crippen molar-refractivity contribution in [1.82, 2.24) is 10.3 Å². The number of hydrogen-bond donors (Lipinski definition) is 1. The summed E-state index contributed by atoms with van der Waals surface area (Å²) in [6.07, 6.45) is 2.71. The van der Waals surface area contributed by atoms with Crippen LogP contribution in [-0.4, -0.2) is 25.2 Å². The monoisotopic (exact) mass is 180 g/mol. The van der Waals surface area contributed by atoms with Crippen molar-refractivity contribution in [3.63, 3.8) is 0 Å². The fourth-order valence-corrected chi connectivity index (χ4v) is 1.20. The maximum absolute atomic E-state index is 5.14. The van der Waals surface area contributed by atoms with Gasteiger partial charge in [-0.05, 0) is 25.6 Å². The van der Waals surface area contributed by atoms with Gasteiger partial charge in [-0.25, -0.2) is 4.98 Å². The number of rotatable bonds is 5. The van der Waals surface area contributed by atoms with Crippen LogP contribution in [0.3, 0.4) is 0 Å². The molecule has 72 valence electrons. The Labute approximate surface area is 79.1 Å². The lowest BCUT2D eigenvalue weighted by Gasteiger charge is -2.06. The Kier molecular flexibility index (Phi) is 4.26. The van der Waals surface area contributed by atoms with Crippen LogP contribution >= 0.6 is 0 Å². The summed E-state index contributed by atoms with van der Waals surface area (Å²) in [6.45, 7) is 4.07. The molecule has 0 aliphatic heterocycles. The van der Waals surface area contributed by atoms with Gasteiger partial charge in [0.2, 0.25) is 5.88 Å².